The highest BCUT2D eigenvalue weighted by molar-refractivity contribution is 5.91. The summed E-state index contributed by atoms with van der Waals surface area (Å²) >= 11 is 0. The number of hydrogen-bond acceptors (Lipinski definition) is 7. The lowest BCUT2D eigenvalue weighted by Crippen LogP contribution is -2.29. The Morgan fingerprint density at radius 2 is 2.00 bits per heavy atom. The Hall–Kier alpha value is -3.87. The van der Waals surface area contributed by atoms with Crippen LogP contribution < -0.4 is 20.3 Å². The lowest BCUT2D eigenvalue weighted by molar-refractivity contribution is -0.385. The van der Waals surface area contributed by atoms with Gasteiger partial charge in [0.1, 0.15) is 18.2 Å². The predicted octanol–water partition coefficient (Wildman–Crippen LogP) is 1.28. The Labute approximate surface area is 147 Å². The summed E-state index contributed by atoms with van der Waals surface area (Å²) in [4.78, 5) is 34.4. The van der Waals surface area contributed by atoms with Gasteiger partial charge in [-0.3, -0.25) is 24.3 Å². The monoisotopic (exact) mass is 358 g/mol. The molecule has 0 saturated carbocycles. The van der Waals surface area contributed by atoms with Crippen molar-refractivity contribution in [3.63, 3.8) is 0 Å². The molecule has 0 bridgehead atoms. The molecule has 26 heavy (non-hydrogen) atoms. The van der Waals surface area contributed by atoms with Gasteiger partial charge in [0.25, 0.3) is 11.2 Å². The fourth-order valence-electron chi connectivity index (χ4n) is 2.19. The van der Waals surface area contributed by atoms with E-state index >= 15 is 0 Å². The Bertz CT molecular complexity index is 960. The third-order valence-electron chi connectivity index (χ3n) is 3.38. The summed E-state index contributed by atoms with van der Waals surface area (Å²) in [5.74, 6) is 0.257. The Kier molecular flexibility index (Phi) is 5.54. The van der Waals surface area contributed by atoms with Crippen LogP contribution in [0.15, 0.2) is 35.3 Å². The van der Waals surface area contributed by atoms with E-state index in [1.807, 2.05) is 0 Å². The molecule has 1 heterocycles. The van der Waals surface area contributed by atoms with Crippen LogP contribution in [0.3, 0.4) is 0 Å². The molecular weight excluding hydrogens is 344 g/mol. The summed E-state index contributed by atoms with van der Waals surface area (Å²) in [6, 6.07) is 7.12. The number of rotatable bonds is 6. The van der Waals surface area contributed by atoms with Crippen molar-refractivity contribution in [2.75, 3.05) is 19.5 Å². The van der Waals surface area contributed by atoms with Crippen LogP contribution in [-0.4, -0.2) is 29.6 Å². The molecule has 0 aliphatic carbocycles. The van der Waals surface area contributed by atoms with Crippen molar-refractivity contribution >= 4 is 17.3 Å². The number of ether oxygens (including phenoxy) is 2. The topological polar surface area (TPSA) is 136 Å². The number of nitrogens with zero attached hydrogens (tertiary/aromatic N) is 3. The first-order valence-corrected chi connectivity index (χ1v) is 7.20. The minimum atomic E-state index is -0.791. The fourth-order valence-corrected chi connectivity index (χ4v) is 2.19. The molecule has 0 radical (unpaired) electrons. The number of nitro groups is 1. The Morgan fingerprint density at radius 1 is 1.31 bits per heavy atom. The van der Waals surface area contributed by atoms with Crippen LogP contribution >= 0.6 is 0 Å². The van der Waals surface area contributed by atoms with Gasteiger partial charge in [-0.05, 0) is 12.1 Å². The van der Waals surface area contributed by atoms with Gasteiger partial charge in [0.15, 0.2) is 11.5 Å². The summed E-state index contributed by atoms with van der Waals surface area (Å²) in [5.41, 5.74) is -1.29. The van der Waals surface area contributed by atoms with Gasteiger partial charge in [-0.15, -0.1) is 0 Å². The van der Waals surface area contributed by atoms with E-state index in [4.69, 9.17) is 14.7 Å². The molecule has 10 nitrogen and oxygen atoms in total. The summed E-state index contributed by atoms with van der Waals surface area (Å²) in [6.45, 7) is -0.496. The summed E-state index contributed by atoms with van der Waals surface area (Å²) in [6.07, 6.45) is 0.914. The minimum absolute atomic E-state index is 0.381. The number of benzene rings is 1. The zero-order valence-corrected chi connectivity index (χ0v) is 13.9. The van der Waals surface area contributed by atoms with Crippen molar-refractivity contribution < 1.29 is 19.2 Å². The van der Waals surface area contributed by atoms with Crippen LogP contribution in [0.1, 0.15) is 5.56 Å². The molecule has 0 fully saturated rings. The van der Waals surface area contributed by atoms with E-state index in [0.717, 1.165) is 16.8 Å². The van der Waals surface area contributed by atoms with Crippen molar-refractivity contribution in [3.05, 3.63) is 56.5 Å². The Balaban J connectivity index is 2.26. The first-order valence-electron chi connectivity index (χ1n) is 7.20. The van der Waals surface area contributed by atoms with Gasteiger partial charge in [0, 0.05) is 17.8 Å². The SMILES string of the molecule is COc1ccc(NC(=O)Cn2cc([N+](=O)[O-])cc(C#N)c2=O)cc1OC. The molecule has 0 aliphatic heterocycles. The van der Waals surface area contributed by atoms with Crippen molar-refractivity contribution in [2.24, 2.45) is 0 Å². The summed E-state index contributed by atoms with van der Waals surface area (Å²) in [7, 11) is 2.91. The maximum atomic E-state index is 12.2. The second-order valence-electron chi connectivity index (χ2n) is 5.03. The van der Waals surface area contributed by atoms with Gasteiger partial charge in [0.05, 0.1) is 25.3 Å². The van der Waals surface area contributed by atoms with E-state index < -0.39 is 34.2 Å². The quantitative estimate of drug-likeness (QED) is 0.606. The van der Waals surface area contributed by atoms with Gasteiger partial charge < -0.3 is 14.8 Å². The van der Waals surface area contributed by atoms with E-state index in [1.165, 1.54) is 20.3 Å². The van der Waals surface area contributed by atoms with Crippen molar-refractivity contribution in [3.8, 4) is 17.6 Å². The van der Waals surface area contributed by atoms with Crippen molar-refractivity contribution in [2.45, 2.75) is 6.54 Å². The van der Waals surface area contributed by atoms with Gasteiger partial charge >= 0.3 is 0 Å². The zero-order chi connectivity index (χ0) is 19.3. The Morgan fingerprint density at radius 3 is 2.58 bits per heavy atom. The molecule has 1 aromatic carbocycles. The van der Waals surface area contributed by atoms with Gasteiger partial charge in [-0.1, -0.05) is 0 Å². The fraction of sp³-hybridized carbons (Fsp3) is 0.188. The highest BCUT2D eigenvalue weighted by atomic mass is 16.6. The van der Waals surface area contributed by atoms with E-state index in [-0.39, 0.29) is 0 Å². The molecule has 0 spiro atoms. The number of nitrogens with one attached hydrogen (secondary N) is 1. The van der Waals surface area contributed by atoms with Crippen LogP contribution in [-0.2, 0) is 11.3 Å². The van der Waals surface area contributed by atoms with Gasteiger partial charge in [0.2, 0.25) is 5.91 Å². The number of methoxy groups -OCH3 is 2. The number of carbonyl (C=O) groups is 1. The zero-order valence-electron chi connectivity index (χ0n) is 13.9. The van der Waals surface area contributed by atoms with Crippen LogP contribution in [0.2, 0.25) is 0 Å². The predicted molar refractivity (Wildman–Crippen MR) is 90.2 cm³/mol. The molecule has 2 aromatic rings. The third kappa shape index (κ3) is 3.96. The van der Waals surface area contributed by atoms with Crippen molar-refractivity contribution in [1.29, 1.82) is 5.26 Å². The second-order valence-corrected chi connectivity index (χ2v) is 5.03. The van der Waals surface area contributed by atoms with Crippen LogP contribution in [0.4, 0.5) is 11.4 Å². The van der Waals surface area contributed by atoms with Crippen LogP contribution in [0.25, 0.3) is 0 Å². The van der Waals surface area contributed by atoms with E-state index in [2.05, 4.69) is 5.32 Å². The molecule has 0 atom stereocenters. The second kappa shape index (κ2) is 7.80. The van der Waals surface area contributed by atoms with E-state index in [1.54, 1.807) is 18.2 Å². The largest absolute Gasteiger partial charge is 0.493 e. The maximum Gasteiger partial charge on any atom is 0.287 e. The molecule has 1 aromatic heterocycles. The molecular formula is C16H14N4O6. The maximum absolute atomic E-state index is 12.2. The number of pyridine rings is 1. The molecule has 0 saturated heterocycles. The van der Waals surface area contributed by atoms with E-state index in [9.17, 15) is 19.7 Å². The number of anilines is 1. The summed E-state index contributed by atoms with van der Waals surface area (Å²) < 4.78 is 11.0. The van der Waals surface area contributed by atoms with Crippen LogP contribution in [0, 0.1) is 21.4 Å². The average Bonchev–Trinajstić information content (AvgIpc) is 2.62. The highest BCUT2D eigenvalue weighted by Gasteiger charge is 2.16. The van der Waals surface area contributed by atoms with Crippen LogP contribution in [0.5, 0.6) is 11.5 Å². The third-order valence-corrected chi connectivity index (χ3v) is 3.38. The molecule has 2 rings (SSSR count). The lowest BCUT2D eigenvalue weighted by Gasteiger charge is -2.11. The van der Waals surface area contributed by atoms with Crippen molar-refractivity contribution in [1.82, 2.24) is 4.57 Å². The number of carbonyl (C=O) groups excluding carboxylic acids is 1. The molecule has 134 valence electrons. The number of hydrogen-bond donors (Lipinski definition) is 1. The lowest BCUT2D eigenvalue weighted by atomic mass is 10.2. The van der Waals surface area contributed by atoms with Gasteiger partial charge in [-0.2, -0.15) is 5.26 Å². The smallest absolute Gasteiger partial charge is 0.287 e. The number of amides is 1. The summed E-state index contributed by atoms with van der Waals surface area (Å²) in [5, 5.41) is 22.4. The first-order chi connectivity index (χ1) is 12.4. The van der Waals surface area contributed by atoms with E-state index in [0.29, 0.717) is 17.2 Å². The first kappa shape index (κ1) is 18.5. The molecule has 1 N–H and O–H groups in total. The highest BCUT2D eigenvalue weighted by Crippen LogP contribution is 2.29. The average molecular weight is 358 g/mol. The minimum Gasteiger partial charge on any atom is -0.493 e. The number of aromatic nitrogens is 1. The molecule has 10 heteroatoms. The normalized spacial score (nSPS) is 9.88. The van der Waals surface area contributed by atoms with Gasteiger partial charge in [-0.25, -0.2) is 0 Å². The molecule has 1 amide bonds. The number of nitriles is 1. The molecule has 0 unspecified atom stereocenters. The standard InChI is InChI=1S/C16H14N4O6/c1-25-13-4-3-11(6-14(13)26-2)18-15(21)9-19-8-12(20(23)24)5-10(7-17)16(19)22/h3-6,8H,9H2,1-2H3,(H,18,21). The molecule has 0 aliphatic rings.